The standard InChI is InChI=1S/C36H27N3O3S/c40-34(27-12-17-32-28(21-27)20-26-10-4-5-11-31(26)32)23-43-30-15-13-29(14-16-30)38-36(42)33(19-24-7-6-18-37-22-24)39-35(41)25-8-2-1-3-9-25/h1-19,21-22H,20,23H2,(H,38,42)(H,39,41)/b33-19-. The maximum atomic E-state index is 13.2. The predicted octanol–water partition coefficient (Wildman–Crippen LogP) is 7.04. The molecule has 7 heteroatoms. The average molecular weight is 582 g/mol. The Balaban J connectivity index is 1.09. The van der Waals surface area contributed by atoms with E-state index >= 15 is 0 Å². The van der Waals surface area contributed by atoms with Gasteiger partial charge < -0.3 is 10.6 Å². The molecule has 4 aromatic carbocycles. The maximum Gasteiger partial charge on any atom is 0.272 e. The predicted molar refractivity (Wildman–Crippen MR) is 171 cm³/mol. The van der Waals surface area contributed by atoms with Crippen molar-refractivity contribution in [2.45, 2.75) is 11.3 Å². The van der Waals surface area contributed by atoms with E-state index in [2.05, 4.69) is 33.8 Å². The normalized spacial score (nSPS) is 11.8. The van der Waals surface area contributed by atoms with Gasteiger partial charge in [0.05, 0.1) is 5.75 Å². The number of ketones is 1. The largest absolute Gasteiger partial charge is 0.321 e. The number of nitrogens with zero attached hydrogens (tertiary/aromatic N) is 1. The zero-order valence-corrected chi connectivity index (χ0v) is 23.9. The first-order chi connectivity index (χ1) is 21.0. The fourth-order valence-corrected chi connectivity index (χ4v) is 5.75. The fraction of sp³-hybridized carbons (Fsp3) is 0.0556. The summed E-state index contributed by atoms with van der Waals surface area (Å²) in [7, 11) is 0. The molecule has 1 aliphatic carbocycles. The van der Waals surface area contributed by atoms with Crippen LogP contribution in [0.2, 0.25) is 0 Å². The molecule has 0 bridgehead atoms. The van der Waals surface area contributed by atoms with Crippen molar-refractivity contribution in [3.8, 4) is 11.1 Å². The van der Waals surface area contributed by atoms with Gasteiger partial charge in [-0.05, 0) is 88.8 Å². The summed E-state index contributed by atoms with van der Waals surface area (Å²) >= 11 is 1.45. The Morgan fingerprint density at radius 2 is 1.53 bits per heavy atom. The summed E-state index contributed by atoms with van der Waals surface area (Å²) < 4.78 is 0. The topological polar surface area (TPSA) is 88.2 Å². The van der Waals surface area contributed by atoms with Crippen LogP contribution < -0.4 is 10.6 Å². The summed E-state index contributed by atoms with van der Waals surface area (Å²) in [5.41, 5.74) is 7.41. The quantitative estimate of drug-likeness (QED) is 0.109. The van der Waals surface area contributed by atoms with Crippen LogP contribution in [-0.2, 0) is 11.2 Å². The number of anilines is 1. The number of thioether (sulfide) groups is 1. The van der Waals surface area contributed by atoms with Gasteiger partial charge in [0.1, 0.15) is 5.70 Å². The van der Waals surface area contributed by atoms with E-state index in [1.54, 1.807) is 67.0 Å². The highest BCUT2D eigenvalue weighted by Crippen LogP contribution is 2.37. The van der Waals surface area contributed by atoms with Gasteiger partial charge in [-0.25, -0.2) is 0 Å². The van der Waals surface area contributed by atoms with Gasteiger partial charge in [-0.3, -0.25) is 19.4 Å². The summed E-state index contributed by atoms with van der Waals surface area (Å²) in [4.78, 5) is 44.0. The number of hydrogen-bond acceptors (Lipinski definition) is 5. The lowest BCUT2D eigenvalue weighted by atomic mass is 10.0. The zero-order valence-electron chi connectivity index (χ0n) is 23.1. The van der Waals surface area contributed by atoms with E-state index in [0.717, 1.165) is 11.3 Å². The second-order valence-corrected chi connectivity index (χ2v) is 11.1. The first kappa shape index (κ1) is 27.9. The van der Waals surface area contributed by atoms with Crippen LogP contribution in [0.5, 0.6) is 0 Å². The third-order valence-electron chi connectivity index (χ3n) is 7.12. The van der Waals surface area contributed by atoms with Crippen molar-refractivity contribution in [2.75, 3.05) is 11.1 Å². The van der Waals surface area contributed by atoms with Crippen molar-refractivity contribution in [1.29, 1.82) is 0 Å². The van der Waals surface area contributed by atoms with Gasteiger partial charge in [0, 0.05) is 34.1 Å². The van der Waals surface area contributed by atoms with Crippen LogP contribution in [0.25, 0.3) is 17.2 Å². The molecule has 0 atom stereocenters. The molecule has 0 saturated carbocycles. The van der Waals surface area contributed by atoms with E-state index in [1.807, 2.05) is 42.5 Å². The highest BCUT2D eigenvalue weighted by molar-refractivity contribution is 8.00. The Bertz CT molecular complexity index is 1840. The van der Waals surface area contributed by atoms with Gasteiger partial charge in [0.15, 0.2) is 5.78 Å². The first-order valence-corrected chi connectivity index (χ1v) is 14.8. The number of amides is 2. The summed E-state index contributed by atoms with van der Waals surface area (Å²) in [5, 5.41) is 5.57. The second-order valence-electron chi connectivity index (χ2n) is 10.1. The second kappa shape index (κ2) is 12.7. The van der Waals surface area contributed by atoms with Gasteiger partial charge in [-0.15, -0.1) is 11.8 Å². The van der Waals surface area contributed by atoms with Crippen molar-refractivity contribution in [3.05, 3.63) is 155 Å². The minimum atomic E-state index is -0.470. The lowest BCUT2D eigenvalue weighted by molar-refractivity contribution is -0.113. The molecule has 5 aromatic rings. The van der Waals surface area contributed by atoms with Crippen molar-refractivity contribution in [1.82, 2.24) is 10.3 Å². The molecular weight excluding hydrogens is 554 g/mol. The lowest BCUT2D eigenvalue weighted by Crippen LogP contribution is -2.30. The smallest absolute Gasteiger partial charge is 0.272 e. The molecule has 0 saturated heterocycles. The Hall–Kier alpha value is -5.27. The zero-order chi connectivity index (χ0) is 29.6. The summed E-state index contributed by atoms with van der Waals surface area (Å²) in [5.74, 6) is -0.487. The number of rotatable bonds is 9. The van der Waals surface area contributed by atoms with Gasteiger partial charge >= 0.3 is 0 Å². The minimum absolute atomic E-state index is 0.0699. The number of fused-ring (bicyclic) bond motifs is 3. The van der Waals surface area contributed by atoms with E-state index in [4.69, 9.17) is 0 Å². The number of hydrogen-bond donors (Lipinski definition) is 2. The van der Waals surface area contributed by atoms with Crippen LogP contribution in [0.3, 0.4) is 0 Å². The first-order valence-electron chi connectivity index (χ1n) is 13.8. The number of carbonyl (C=O) groups excluding carboxylic acids is 3. The molecule has 210 valence electrons. The molecule has 6 nitrogen and oxygen atoms in total. The van der Waals surface area contributed by atoms with Crippen LogP contribution >= 0.6 is 11.8 Å². The van der Waals surface area contributed by atoms with E-state index in [0.29, 0.717) is 28.1 Å². The lowest BCUT2D eigenvalue weighted by Gasteiger charge is -2.12. The molecule has 1 aromatic heterocycles. The average Bonchev–Trinajstić information content (AvgIpc) is 3.43. The summed E-state index contributed by atoms with van der Waals surface area (Å²) in [6.45, 7) is 0. The Kier molecular flexibility index (Phi) is 8.24. The summed E-state index contributed by atoms with van der Waals surface area (Å²) in [6, 6.07) is 33.9. The molecule has 43 heavy (non-hydrogen) atoms. The monoisotopic (exact) mass is 581 g/mol. The third-order valence-corrected chi connectivity index (χ3v) is 8.13. The number of pyridine rings is 1. The van der Waals surface area contributed by atoms with Gasteiger partial charge in [-0.2, -0.15) is 0 Å². The van der Waals surface area contributed by atoms with E-state index in [9.17, 15) is 14.4 Å². The highest BCUT2D eigenvalue weighted by Gasteiger charge is 2.20. The Labute approximate surface area is 253 Å². The third kappa shape index (κ3) is 6.63. The van der Waals surface area contributed by atoms with Crippen molar-refractivity contribution >= 4 is 41.1 Å². The number of aromatic nitrogens is 1. The van der Waals surface area contributed by atoms with Crippen LogP contribution in [0.4, 0.5) is 5.69 Å². The van der Waals surface area contributed by atoms with Crippen LogP contribution in [0, 0.1) is 0 Å². The molecule has 0 fully saturated rings. The SMILES string of the molecule is O=C(Nc1ccc(SCC(=O)c2ccc3c(c2)Cc2ccccc2-3)cc1)/C(=C/c1cccnc1)NC(=O)c1ccccc1. The minimum Gasteiger partial charge on any atom is -0.321 e. The molecule has 0 spiro atoms. The Morgan fingerprint density at radius 3 is 2.33 bits per heavy atom. The van der Waals surface area contributed by atoms with Crippen LogP contribution in [0.15, 0.2) is 132 Å². The van der Waals surface area contributed by atoms with Crippen molar-refractivity contribution < 1.29 is 14.4 Å². The van der Waals surface area contributed by atoms with Crippen LogP contribution in [-0.4, -0.2) is 28.3 Å². The number of benzene rings is 4. The van der Waals surface area contributed by atoms with Gasteiger partial charge in [-0.1, -0.05) is 60.7 Å². The fourth-order valence-electron chi connectivity index (χ4n) is 4.95. The van der Waals surface area contributed by atoms with E-state index in [1.165, 1.54) is 34.0 Å². The molecule has 0 aliphatic heterocycles. The molecule has 6 rings (SSSR count). The highest BCUT2D eigenvalue weighted by atomic mass is 32.2. The van der Waals surface area contributed by atoms with Crippen molar-refractivity contribution in [2.24, 2.45) is 0 Å². The summed E-state index contributed by atoms with van der Waals surface area (Å²) in [6.07, 6.45) is 5.67. The molecule has 0 radical (unpaired) electrons. The molecule has 1 aliphatic rings. The molecule has 0 unspecified atom stereocenters. The molecule has 2 N–H and O–H groups in total. The number of Topliss-reactive ketones (excluding diaryl/α,β-unsaturated/α-hetero) is 1. The van der Waals surface area contributed by atoms with Gasteiger partial charge in [0.25, 0.3) is 11.8 Å². The molecule has 2 amide bonds. The number of carbonyl (C=O) groups is 3. The van der Waals surface area contributed by atoms with Gasteiger partial charge in [0.2, 0.25) is 0 Å². The Morgan fingerprint density at radius 1 is 0.767 bits per heavy atom. The van der Waals surface area contributed by atoms with Crippen LogP contribution in [0.1, 0.15) is 37.4 Å². The van der Waals surface area contributed by atoms with E-state index < -0.39 is 11.8 Å². The molecular formula is C36H27N3O3S. The maximum absolute atomic E-state index is 13.2. The van der Waals surface area contributed by atoms with Crippen molar-refractivity contribution in [3.63, 3.8) is 0 Å². The van der Waals surface area contributed by atoms with E-state index in [-0.39, 0.29) is 11.5 Å². The number of nitrogens with one attached hydrogen (secondary N) is 2. The molecule has 1 heterocycles.